The van der Waals surface area contributed by atoms with Crippen LogP contribution in [0.3, 0.4) is 0 Å². The van der Waals surface area contributed by atoms with Crippen LogP contribution in [0.1, 0.15) is 17.2 Å². The van der Waals surface area contributed by atoms with E-state index in [4.69, 9.17) is 9.47 Å². The molecule has 0 amide bonds. The van der Waals surface area contributed by atoms with Gasteiger partial charge in [-0.1, -0.05) is 91.0 Å². The summed E-state index contributed by atoms with van der Waals surface area (Å²) in [5.41, 5.74) is 2.24. The molecule has 0 aromatic heterocycles. The quantitative estimate of drug-likeness (QED) is 0.310. The van der Waals surface area contributed by atoms with E-state index in [1.54, 1.807) is 0 Å². The second-order valence-corrected chi connectivity index (χ2v) is 7.76. The SMILES string of the molecule is C1=C(Oc2cccc3ccccc23)C(Oc2ccc3ccccc3c2)c2ccccc21. The summed E-state index contributed by atoms with van der Waals surface area (Å²) in [6.07, 6.45) is 1.79. The van der Waals surface area contributed by atoms with Gasteiger partial charge in [-0.3, -0.25) is 0 Å². The van der Waals surface area contributed by atoms with Gasteiger partial charge in [0, 0.05) is 10.9 Å². The van der Waals surface area contributed by atoms with Crippen molar-refractivity contribution in [2.24, 2.45) is 0 Å². The molecule has 0 N–H and O–H groups in total. The van der Waals surface area contributed by atoms with Gasteiger partial charge >= 0.3 is 0 Å². The maximum absolute atomic E-state index is 6.51. The third-order valence-corrected chi connectivity index (χ3v) is 5.79. The van der Waals surface area contributed by atoms with E-state index in [1.165, 1.54) is 5.39 Å². The van der Waals surface area contributed by atoms with Crippen molar-refractivity contribution in [2.45, 2.75) is 6.10 Å². The molecule has 0 spiro atoms. The lowest BCUT2D eigenvalue weighted by Crippen LogP contribution is -2.12. The largest absolute Gasteiger partial charge is 0.478 e. The lowest BCUT2D eigenvalue weighted by molar-refractivity contribution is 0.194. The van der Waals surface area contributed by atoms with Gasteiger partial charge in [0.05, 0.1) is 0 Å². The van der Waals surface area contributed by atoms with Gasteiger partial charge in [0.1, 0.15) is 17.3 Å². The summed E-state index contributed by atoms with van der Waals surface area (Å²) in [5, 5.41) is 4.60. The van der Waals surface area contributed by atoms with Crippen LogP contribution in [0.5, 0.6) is 11.5 Å². The van der Waals surface area contributed by atoms with Crippen LogP contribution in [-0.4, -0.2) is 0 Å². The van der Waals surface area contributed by atoms with E-state index in [1.807, 2.05) is 48.5 Å². The van der Waals surface area contributed by atoms with E-state index in [0.717, 1.165) is 44.5 Å². The standard InChI is InChI=1S/C29H20O2/c1-2-10-22-18-24(17-16-20(22)8-1)30-29-26-14-6-4-11-23(26)19-28(29)31-27-15-7-12-21-9-3-5-13-25(21)27/h1-19,29H. The van der Waals surface area contributed by atoms with Crippen LogP contribution >= 0.6 is 0 Å². The number of hydrogen-bond acceptors (Lipinski definition) is 2. The smallest absolute Gasteiger partial charge is 0.182 e. The van der Waals surface area contributed by atoms with Crippen LogP contribution in [0.25, 0.3) is 27.6 Å². The van der Waals surface area contributed by atoms with Gasteiger partial charge in [0.15, 0.2) is 6.10 Å². The molecular formula is C29H20O2. The van der Waals surface area contributed by atoms with Crippen molar-refractivity contribution in [2.75, 3.05) is 0 Å². The first-order chi connectivity index (χ1) is 15.3. The fourth-order valence-corrected chi connectivity index (χ4v) is 4.26. The molecule has 2 heteroatoms. The summed E-state index contributed by atoms with van der Waals surface area (Å²) in [4.78, 5) is 0. The van der Waals surface area contributed by atoms with Gasteiger partial charge in [0.2, 0.25) is 0 Å². The summed E-state index contributed by atoms with van der Waals surface area (Å²) in [5.74, 6) is 2.46. The highest BCUT2D eigenvalue weighted by molar-refractivity contribution is 5.88. The van der Waals surface area contributed by atoms with Crippen molar-refractivity contribution in [3.63, 3.8) is 0 Å². The first kappa shape index (κ1) is 17.8. The molecule has 0 aliphatic heterocycles. The van der Waals surface area contributed by atoms with Crippen LogP contribution in [0, 0.1) is 0 Å². The number of rotatable bonds is 4. The van der Waals surface area contributed by atoms with E-state index in [-0.39, 0.29) is 6.10 Å². The second-order valence-electron chi connectivity index (χ2n) is 7.76. The predicted molar refractivity (Wildman–Crippen MR) is 126 cm³/mol. The number of fused-ring (bicyclic) bond motifs is 3. The van der Waals surface area contributed by atoms with Crippen LogP contribution in [0.15, 0.2) is 115 Å². The Labute approximate surface area is 181 Å². The average molecular weight is 400 g/mol. The minimum Gasteiger partial charge on any atom is -0.478 e. The van der Waals surface area contributed by atoms with Crippen LogP contribution < -0.4 is 9.47 Å². The maximum atomic E-state index is 6.51. The Morgan fingerprint density at radius 2 is 1.32 bits per heavy atom. The molecule has 1 aliphatic rings. The molecule has 0 saturated heterocycles. The molecule has 0 bridgehead atoms. The molecular weight excluding hydrogens is 380 g/mol. The molecule has 148 valence electrons. The number of hydrogen-bond donors (Lipinski definition) is 0. The minimum atomic E-state index is -0.295. The van der Waals surface area contributed by atoms with E-state index in [2.05, 4.69) is 66.7 Å². The fourth-order valence-electron chi connectivity index (χ4n) is 4.26. The molecule has 31 heavy (non-hydrogen) atoms. The Kier molecular flexibility index (Phi) is 4.21. The molecule has 6 rings (SSSR count). The maximum Gasteiger partial charge on any atom is 0.182 e. The van der Waals surface area contributed by atoms with E-state index in [0.29, 0.717) is 0 Å². The van der Waals surface area contributed by atoms with Crippen molar-refractivity contribution in [1.29, 1.82) is 0 Å². The van der Waals surface area contributed by atoms with E-state index < -0.39 is 0 Å². The second kappa shape index (κ2) is 7.33. The van der Waals surface area contributed by atoms with Crippen molar-refractivity contribution in [3.05, 3.63) is 126 Å². The fraction of sp³-hybridized carbons (Fsp3) is 0.0345. The molecule has 1 aliphatic carbocycles. The highest BCUT2D eigenvalue weighted by Gasteiger charge is 2.29. The summed E-state index contributed by atoms with van der Waals surface area (Å²) >= 11 is 0. The van der Waals surface area contributed by atoms with Crippen LogP contribution in [-0.2, 0) is 0 Å². The normalized spacial score (nSPS) is 15.0. The average Bonchev–Trinajstić information content (AvgIpc) is 3.16. The van der Waals surface area contributed by atoms with Crippen molar-refractivity contribution in [3.8, 4) is 11.5 Å². The lowest BCUT2D eigenvalue weighted by Gasteiger charge is -2.20. The zero-order valence-electron chi connectivity index (χ0n) is 16.9. The first-order valence-corrected chi connectivity index (χ1v) is 10.5. The Morgan fingerprint density at radius 1 is 0.581 bits per heavy atom. The van der Waals surface area contributed by atoms with Gasteiger partial charge in [-0.05, 0) is 46.0 Å². The first-order valence-electron chi connectivity index (χ1n) is 10.5. The summed E-state index contributed by atoms with van der Waals surface area (Å²) < 4.78 is 13.0. The Hall–Kier alpha value is -4.04. The van der Waals surface area contributed by atoms with Gasteiger partial charge in [0.25, 0.3) is 0 Å². The topological polar surface area (TPSA) is 18.5 Å². The zero-order valence-corrected chi connectivity index (χ0v) is 16.9. The third kappa shape index (κ3) is 3.23. The molecule has 0 radical (unpaired) electrons. The van der Waals surface area contributed by atoms with Crippen molar-refractivity contribution < 1.29 is 9.47 Å². The predicted octanol–water partition coefficient (Wildman–Crippen LogP) is 7.55. The third-order valence-electron chi connectivity index (χ3n) is 5.79. The van der Waals surface area contributed by atoms with Gasteiger partial charge in [-0.2, -0.15) is 0 Å². The zero-order chi connectivity index (χ0) is 20.6. The summed E-state index contributed by atoms with van der Waals surface area (Å²) in [7, 11) is 0. The van der Waals surface area contributed by atoms with Crippen molar-refractivity contribution in [1.82, 2.24) is 0 Å². The van der Waals surface area contributed by atoms with E-state index >= 15 is 0 Å². The van der Waals surface area contributed by atoms with Crippen LogP contribution in [0.4, 0.5) is 0 Å². The molecule has 5 aromatic carbocycles. The molecule has 1 atom stereocenters. The van der Waals surface area contributed by atoms with Crippen molar-refractivity contribution >= 4 is 27.6 Å². The van der Waals surface area contributed by atoms with Gasteiger partial charge in [-0.15, -0.1) is 0 Å². The summed E-state index contributed by atoms with van der Waals surface area (Å²) in [6, 6.07) is 37.2. The minimum absolute atomic E-state index is 0.295. The number of benzene rings is 5. The molecule has 0 saturated carbocycles. The summed E-state index contributed by atoms with van der Waals surface area (Å²) in [6.45, 7) is 0. The lowest BCUT2D eigenvalue weighted by atomic mass is 10.1. The van der Waals surface area contributed by atoms with Gasteiger partial charge < -0.3 is 9.47 Å². The Balaban J connectivity index is 1.39. The molecule has 0 heterocycles. The molecule has 1 unspecified atom stereocenters. The Morgan fingerprint density at radius 3 is 2.26 bits per heavy atom. The molecule has 2 nitrogen and oxygen atoms in total. The van der Waals surface area contributed by atoms with E-state index in [9.17, 15) is 0 Å². The monoisotopic (exact) mass is 400 g/mol. The molecule has 0 fully saturated rings. The highest BCUT2D eigenvalue weighted by Crippen LogP contribution is 2.40. The van der Waals surface area contributed by atoms with Crippen LogP contribution in [0.2, 0.25) is 0 Å². The Bertz CT molecular complexity index is 1440. The number of ether oxygens (including phenoxy) is 2. The van der Waals surface area contributed by atoms with Gasteiger partial charge in [-0.25, -0.2) is 0 Å². The highest BCUT2D eigenvalue weighted by atomic mass is 16.5. The molecule has 5 aromatic rings.